The quantitative estimate of drug-likeness (QED) is 0.665. The van der Waals surface area contributed by atoms with Crippen molar-refractivity contribution in [3.63, 3.8) is 0 Å². The van der Waals surface area contributed by atoms with Crippen molar-refractivity contribution in [3.05, 3.63) is 22.8 Å². The molecule has 54 valence electrons. The van der Waals surface area contributed by atoms with Crippen molar-refractivity contribution in [2.45, 2.75) is 0 Å². The third-order valence-corrected chi connectivity index (χ3v) is 2.29. The second-order valence-electron chi connectivity index (χ2n) is 1.54. The lowest BCUT2D eigenvalue weighted by molar-refractivity contribution is 1.32. The molecule has 0 radical (unpaired) electrons. The number of aromatic nitrogens is 1. The van der Waals surface area contributed by atoms with Gasteiger partial charge in [0.25, 0.3) is 0 Å². The average Bonchev–Trinajstić information content (AvgIpc) is 1.95. The van der Waals surface area contributed by atoms with Gasteiger partial charge in [0.15, 0.2) is 0 Å². The van der Waals surface area contributed by atoms with Gasteiger partial charge in [-0.15, -0.1) is 0 Å². The molecule has 1 N–H and O–H groups in total. The summed E-state index contributed by atoms with van der Waals surface area (Å²) in [6.45, 7) is 0. The van der Waals surface area contributed by atoms with Crippen LogP contribution in [0.25, 0.3) is 0 Å². The Morgan fingerprint density at radius 1 is 1.60 bits per heavy atom. The SMILES string of the molecule is Brc1ccc(NSI)nc1. The predicted molar refractivity (Wildman–Crippen MR) is 57.2 cm³/mol. The molecule has 1 aromatic rings. The summed E-state index contributed by atoms with van der Waals surface area (Å²) in [5.41, 5.74) is 0. The van der Waals surface area contributed by atoms with Crippen LogP contribution in [0.2, 0.25) is 0 Å². The second kappa shape index (κ2) is 4.40. The first-order valence-corrected chi connectivity index (χ1v) is 6.63. The van der Waals surface area contributed by atoms with Gasteiger partial charge < -0.3 is 4.72 Å². The molecular weight excluding hydrogens is 327 g/mol. The molecule has 0 atom stereocenters. The number of hydrogen-bond donors (Lipinski definition) is 1. The van der Waals surface area contributed by atoms with Crippen LogP contribution in [0, 0.1) is 0 Å². The first kappa shape index (κ1) is 8.61. The average molecular weight is 331 g/mol. The van der Waals surface area contributed by atoms with Gasteiger partial charge in [0.2, 0.25) is 0 Å². The summed E-state index contributed by atoms with van der Waals surface area (Å²) >= 11 is 5.45. The van der Waals surface area contributed by atoms with Crippen LogP contribution in [-0.2, 0) is 0 Å². The van der Waals surface area contributed by atoms with Crippen LogP contribution < -0.4 is 4.72 Å². The van der Waals surface area contributed by atoms with Gasteiger partial charge in [-0.25, -0.2) is 4.98 Å². The molecule has 0 aliphatic heterocycles. The zero-order valence-electron chi connectivity index (χ0n) is 4.84. The molecule has 0 unspecified atom stereocenters. The molecule has 0 aliphatic carbocycles. The fraction of sp³-hybridized carbons (Fsp3) is 0. The lowest BCUT2D eigenvalue weighted by atomic mass is 10.5. The molecule has 0 aromatic carbocycles. The van der Waals surface area contributed by atoms with E-state index in [0.29, 0.717) is 0 Å². The number of nitrogens with zero attached hydrogens (tertiary/aromatic N) is 1. The summed E-state index contributed by atoms with van der Waals surface area (Å²) in [5.74, 6) is 0.877. The molecule has 0 amide bonds. The highest BCUT2D eigenvalue weighted by Crippen LogP contribution is 2.16. The molecule has 1 rings (SSSR count). The van der Waals surface area contributed by atoms with Gasteiger partial charge in [-0.1, -0.05) is 0 Å². The van der Waals surface area contributed by atoms with E-state index in [1.54, 1.807) is 6.20 Å². The Bertz CT molecular complexity index is 203. The van der Waals surface area contributed by atoms with E-state index in [4.69, 9.17) is 0 Å². The zero-order chi connectivity index (χ0) is 7.40. The minimum atomic E-state index is 0.877. The maximum absolute atomic E-state index is 4.08. The van der Waals surface area contributed by atoms with Crippen LogP contribution in [0.5, 0.6) is 0 Å². The first-order chi connectivity index (χ1) is 4.83. The minimum Gasteiger partial charge on any atom is -0.306 e. The maximum atomic E-state index is 4.08. The van der Waals surface area contributed by atoms with Crippen LogP contribution >= 0.6 is 46.3 Å². The van der Waals surface area contributed by atoms with Crippen molar-refractivity contribution in [1.29, 1.82) is 0 Å². The van der Waals surface area contributed by atoms with Crippen molar-refractivity contribution < 1.29 is 0 Å². The molecule has 10 heavy (non-hydrogen) atoms. The van der Waals surface area contributed by atoms with Crippen molar-refractivity contribution in [2.24, 2.45) is 0 Å². The Labute approximate surface area is 84.0 Å². The van der Waals surface area contributed by atoms with Gasteiger partial charge >= 0.3 is 0 Å². The highest BCUT2D eigenvalue weighted by molar-refractivity contribution is 14.2. The third-order valence-electron chi connectivity index (χ3n) is 0.871. The molecule has 0 fully saturated rings. The zero-order valence-corrected chi connectivity index (χ0v) is 9.40. The van der Waals surface area contributed by atoms with Crippen LogP contribution in [0.1, 0.15) is 0 Å². The van der Waals surface area contributed by atoms with Gasteiger partial charge in [0.05, 0.1) is 0 Å². The predicted octanol–water partition coefficient (Wildman–Crippen LogP) is 3.25. The molecule has 0 spiro atoms. The van der Waals surface area contributed by atoms with E-state index < -0.39 is 0 Å². The van der Waals surface area contributed by atoms with E-state index in [-0.39, 0.29) is 0 Å². The normalized spacial score (nSPS) is 9.40. The summed E-state index contributed by atoms with van der Waals surface area (Å²) in [5, 5.41) is 0. The molecule has 1 heterocycles. The molecule has 2 nitrogen and oxygen atoms in total. The standard InChI is InChI=1S/C5H4BrIN2S/c6-4-1-2-5(8-3-4)9-10-7/h1-3H,(H,8,9). The number of halogens is 2. The monoisotopic (exact) mass is 330 g/mol. The smallest absolute Gasteiger partial charge is 0.136 e. The Morgan fingerprint density at radius 3 is 2.90 bits per heavy atom. The van der Waals surface area contributed by atoms with Gasteiger partial charge in [0.1, 0.15) is 5.82 Å². The molecular formula is C5H4BrIN2S. The topological polar surface area (TPSA) is 24.9 Å². The molecule has 0 saturated carbocycles. The highest BCUT2D eigenvalue weighted by Gasteiger charge is 1.89. The van der Waals surface area contributed by atoms with Crippen molar-refractivity contribution in [3.8, 4) is 0 Å². The van der Waals surface area contributed by atoms with Crippen molar-refractivity contribution >= 4 is 52.1 Å². The molecule has 5 heteroatoms. The summed E-state index contributed by atoms with van der Waals surface area (Å²) in [7, 11) is 1.50. The van der Waals surface area contributed by atoms with E-state index in [2.05, 4.69) is 46.8 Å². The first-order valence-electron chi connectivity index (χ1n) is 2.48. The molecule has 1 aromatic heterocycles. The molecule has 0 bridgehead atoms. The minimum absolute atomic E-state index is 0.877. The lowest BCUT2D eigenvalue weighted by Crippen LogP contribution is -1.84. The summed E-state index contributed by atoms with van der Waals surface area (Å²) in [6, 6.07) is 3.86. The molecule has 0 aliphatic rings. The van der Waals surface area contributed by atoms with E-state index in [1.807, 2.05) is 12.1 Å². The number of hydrogen-bond acceptors (Lipinski definition) is 3. The van der Waals surface area contributed by atoms with Gasteiger partial charge in [-0.2, -0.15) is 0 Å². The van der Waals surface area contributed by atoms with Crippen molar-refractivity contribution in [2.75, 3.05) is 4.72 Å². The van der Waals surface area contributed by atoms with E-state index in [0.717, 1.165) is 10.3 Å². The Morgan fingerprint density at radius 2 is 2.40 bits per heavy atom. The van der Waals surface area contributed by atoms with Crippen LogP contribution in [-0.4, -0.2) is 4.98 Å². The summed E-state index contributed by atoms with van der Waals surface area (Å²) in [4.78, 5) is 4.08. The van der Waals surface area contributed by atoms with Crippen LogP contribution in [0.15, 0.2) is 22.8 Å². The van der Waals surface area contributed by atoms with Gasteiger partial charge in [-0.05, 0) is 28.1 Å². The van der Waals surface area contributed by atoms with Crippen LogP contribution in [0.3, 0.4) is 0 Å². The van der Waals surface area contributed by atoms with Crippen molar-refractivity contribution in [1.82, 2.24) is 4.98 Å². The van der Waals surface area contributed by atoms with E-state index in [1.165, 1.54) is 9.12 Å². The van der Waals surface area contributed by atoms with Gasteiger partial charge in [-0.3, -0.25) is 0 Å². The Hall–Kier alpha value is 0.510. The van der Waals surface area contributed by atoms with E-state index in [9.17, 15) is 0 Å². The van der Waals surface area contributed by atoms with Crippen LogP contribution in [0.4, 0.5) is 5.82 Å². The number of pyridine rings is 1. The second-order valence-corrected chi connectivity index (χ2v) is 4.14. The Balaban J connectivity index is 2.69. The van der Waals surface area contributed by atoms with E-state index >= 15 is 0 Å². The fourth-order valence-corrected chi connectivity index (χ4v) is 1.59. The van der Waals surface area contributed by atoms with Gasteiger partial charge in [0, 0.05) is 41.0 Å². The molecule has 0 saturated heterocycles. The lowest BCUT2D eigenvalue weighted by Gasteiger charge is -1.97. The third kappa shape index (κ3) is 2.63. The fourth-order valence-electron chi connectivity index (χ4n) is 0.476. The number of anilines is 1. The maximum Gasteiger partial charge on any atom is 0.136 e. The highest BCUT2D eigenvalue weighted by atomic mass is 127. The number of nitrogens with one attached hydrogen (secondary N) is 1. The summed E-state index contributed by atoms with van der Waals surface area (Å²) < 4.78 is 4.00. The number of rotatable bonds is 2. The Kier molecular flexibility index (Phi) is 3.79. The largest absolute Gasteiger partial charge is 0.306 e. The summed E-state index contributed by atoms with van der Waals surface area (Å²) in [6.07, 6.45) is 1.76.